The van der Waals surface area contributed by atoms with Gasteiger partial charge in [-0.05, 0) is 6.42 Å². The summed E-state index contributed by atoms with van der Waals surface area (Å²) in [5, 5.41) is 23.7. The van der Waals surface area contributed by atoms with E-state index in [1.54, 1.807) is 7.11 Å². The minimum Gasteiger partial charge on any atom is -0.495 e. The van der Waals surface area contributed by atoms with Crippen LogP contribution in [-0.4, -0.2) is 36.1 Å². The zero-order valence-electron chi connectivity index (χ0n) is 14.6. The van der Waals surface area contributed by atoms with E-state index < -0.39 is 12.2 Å². The van der Waals surface area contributed by atoms with Gasteiger partial charge in [0.2, 0.25) is 0 Å². The Bertz CT molecular complexity index is 802. The Morgan fingerprint density at radius 2 is 1.28 bits per heavy atom. The quantitative estimate of drug-likeness (QED) is 0.641. The molecule has 3 aromatic rings. The van der Waals surface area contributed by atoms with Crippen LogP contribution in [0.2, 0.25) is 0 Å². The van der Waals surface area contributed by atoms with E-state index in [2.05, 4.69) is 0 Å². The first-order valence-electron chi connectivity index (χ1n) is 8.62. The van der Waals surface area contributed by atoms with E-state index in [4.69, 9.17) is 9.47 Å². The van der Waals surface area contributed by atoms with Gasteiger partial charge in [-0.3, -0.25) is 0 Å². The summed E-state index contributed by atoms with van der Waals surface area (Å²) >= 11 is 0. The summed E-state index contributed by atoms with van der Waals surface area (Å²) in [6.45, 7) is 2.03. The summed E-state index contributed by atoms with van der Waals surface area (Å²) < 4.78 is 11.7. The molecule has 0 amide bonds. The van der Waals surface area contributed by atoms with Crippen LogP contribution in [0.1, 0.15) is 19.8 Å². The topological polar surface area (TPSA) is 58.9 Å². The van der Waals surface area contributed by atoms with Gasteiger partial charge in [-0.2, -0.15) is 0 Å². The molecule has 2 atom stereocenters. The molecule has 0 aliphatic carbocycles. The average molecular weight is 340 g/mol. The Labute approximate surface area is 147 Å². The van der Waals surface area contributed by atoms with Gasteiger partial charge >= 0.3 is 0 Å². The van der Waals surface area contributed by atoms with Gasteiger partial charge < -0.3 is 19.7 Å². The number of aliphatic hydroxyl groups excluding tert-OH is 2. The summed E-state index contributed by atoms with van der Waals surface area (Å²) in [5.41, 5.74) is 0. The zero-order chi connectivity index (χ0) is 17.8. The van der Waals surface area contributed by atoms with Crippen molar-refractivity contribution >= 4 is 21.5 Å². The smallest absolute Gasteiger partial charge is 0.135 e. The van der Waals surface area contributed by atoms with Crippen LogP contribution in [0.4, 0.5) is 0 Å². The lowest BCUT2D eigenvalue weighted by molar-refractivity contribution is 0.0485. The van der Waals surface area contributed by atoms with Crippen molar-refractivity contribution in [3.63, 3.8) is 0 Å². The van der Waals surface area contributed by atoms with Crippen molar-refractivity contribution in [1.29, 1.82) is 0 Å². The first-order valence-corrected chi connectivity index (χ1v) is 8.62. The van der Waals surface area contributed by atoms with Gasteiger partial charge in [-0.25, -0.2) is 0 Å². The maximum Gasteiger partial charge on any atom is 0.135 e. The zero-order valence-corrected chi connectivity index (χ0v) is 14.6. The normalized spacial score (nSPS) is 13.8. The van der Waals surface area contributed by atoms with E-state index in [0.29, 0.717) is 12.8 Å². The first-order chi connectivity index (χ1) is 12.2. The molecule has 0 bridgehead atoms. The molecule has 0 saturated heterocycles. The molecular formula is C21H24O4. The van der Waals surface area contributed by atoms with Gasteiger partial charge in [-0.15, -0.1) is 0 Å². The van der Waals surface area contributed by atoms with Crippen molar-refractivity contribution in [2.24, 2.45) is 0 Å². The van der Waals surface area contributed by atoms with E-state index in [-0.39, 0.29) is 6.61 Å². The lowest BCUT2D eigenvalue weighted by Crippen LogP contribution is -2.23. The highest BCUT2D eigenvalue weighted by atomic mass is 16.5. The number of aliphatic hydroxyl groups is 2. The Balaban J connectivity index is 2.04. The minimum absolute atomic E-state index is 0.136. The van der Waals surface area contributed by atoms with Gasteiger partial charge in [0, 0.05) is 28.0 Å². The SMILES string of the molecule is CCC(O)CC(O)COc1c2ccccc2c(OC)c2ccccc12. The minimum atomic E-state index is -0.713. The summed E-state index contributed by atoms with van der Waals surface area (Å²) in [6.07, 6.45) is -0.300. The van der Waals surface area contributed by atoms with Gasteiger partial charge in [0.05, 0.1) is 19.3 Å². The molecule has 0 fully saturated rings. The molecule has 0 aliphatic rings. The van der Waals surface area contributed by atoms with Crippen molar-refractivity contribution in [2.45, 2.75) is 32.0 Å². The largest absolute Gasteiger partial charge is 0.495 e. The predicted molar refractivity (Wildman–Crippen MR) is 100 cm³/mol. The Morgan fingerprint density at radius 3 is 1.72 bits per heavy atom. The predicted octanol–water partition coefficient (Wildman–Crippen LogP) is 3.90. The molecule has 25 heavy (non-hydrogen) atoms. The van der Waals surface area contributed by atoms with Crippen LogP contribution < -0.4 is 9.47 Å². The molecule has 0 aromatic heterocycles. The third-order valence-electron chi connectivity index (χ3n) is 4.47. The molecule has 0 saturated carbocycles. The number of benzene rings is 3. The Hall–Kier alpha value is -2.30. The molecule has 3 rings (SSSR count). The van der Waals surface area contributed by atoms with E-state index in [0.717, 1.165) is 33.0 Å². The van der Waals surface area contributed by atoms with Gasteiger partial charge in [0.1, 0.15) is 18.1 Å². The fourth-order valence-corrected chi connectivity index (χ4v) is 3.15. The van der Waals surface area contributed by atoms with Gasteiger partial charge in [0.25, 0.3) is 0 Å². The van der Waals surface area contributed by atoms with E-state index in [1.807, 2.05) is 55.5 Å². The number of hydrogen-bond donors (Lipinski definition) is 2. The Kier molecular flexibility index (Phi) is 5.41. The maximum atomic E-state index is 10.1. The third kappa shape index (κ3) is 3.55. The number of fused-ring (bicyclic) bond motifs is 2. The van der Waals surface area contributed by atoms with Crippen LogP contribution in [-0.2, 0) is 0 Å². The molecule has 4 heteroatoms. The number of hydrogen-bond acceptors (Lipinski definition) is 4. The fraction of sp³-hybridized carbons (Fsp3) is 0.333. The first kappa shape index (κ1) is 17.5. The second-order valence-corrected chi connectivity index (χ2v) is 6.22. The van der Waals surface area contributed by atoms with E-state index >= 15 is 0 Å². The lowest BCUT2D eigenvalue weighted by Gasteiger charge is -2.19. The van der Waals surface area contributed by atoms with Crippen LogP contribution in [0.5, 0.6) is 11.5 Å². The van der Waals surface area contributed by atoms with E-state index in [1.165, 1.54) is 0 Å². The molecule has 0 aliphatic heterocycles. The molecule has 2 unspecified atom stereocenters. The maximum absolute atomic E-state index is 10.1. The molecule has 0 radical (unpaired) electrons. The van der Waals surface area contributed by atoms with Gasteiger partial charge in [-0.1, -0.05) is 55.5 Å². The summed E-state index contributed by atoms with van der Waals surface area (Å²) in [4.78, 5) is 0. The van der Waals surface area contributed by atoms with Crippen LogP contribution in [0.25, 0.3) is 21.5 Å². The van der Waals surface area contributed by atoms with Crippen LogP contribution >= 0.6 is 0 Å². The number of rotatable bonds is 7. The molecule has 132 valence electrons. The van der Waals surface area contributed by atoms with Crippen LogP contribution in [0.15, 0.2) is 48.5 Å². The monoisotopic (exact) mass is 340 g/mol. The number of methoxy groups -OCH3 is 1. The highest BCUT2D eigenvalue weighted by molar-refractivity contribution is 6.11. The number of ether oxygens (including phenoxy) is 2. The van der Waals surface area contributed by atoms with Crippen LogP contribution in [0.3, 0.4) is 0 Å². The van der Waals surface area contributed by atoms with Gasteiger partial charge in [0.15, 0.2) is 0 Å². The fourth-order valence-electron chi connectivity index (χ4n) is 3.15. The molecule has 2 N–H and O–H groups in total. The molecule has 4 nitrogen and oxygen atoms in total. The second kappa shape index (κ2) is 7.72. The van der Waals surface area contributed by atoms with Crippen molar-refractivity contribution < 1.29 is 19.7 Å². The summed E-state index contributed by atoms with van der Waals surface area (Å²) in [7, 11) is 1.67. The summed E-state index contributed by atoms with van der Waals surface area (Å²) in [5.74, 6) is 1.55. The lowest BCUT2D eigenvalue weighted by atomic mass is 10.0. The standard InChI is InChI=1S/C21H24O4/c1-3-14(22)12-15(23)13-25-21-18-10-6-4-8-16(18)20(24-2)17-9-5-7-11-19(17)21/h4-11,14-15,22-23H,3,12-13H2,1-2H3. The Morgan fingerprint density at radius 1 is 0.800 bits per heavy atom. The molecular weight excluding hydrogens is 316 g/mol. The van der Waals surface area contributed by atoms with Crippen LogP contribution in [0, 0.1) is 0 Å². The second-order valence-electron chi connectivity index (χ2n) is 6.22. The van der Waals surface area contributed by atoms with Crippen molar-refractivity contribution in [2.75, 3.05) is 13.7 Å². The van der Waals surface area contributed by atoms with Crippen molar-refractivity contribution in [3.8, 4) is 11.5 Å². The highest BCUT2D eigenvalue weighted by Crippen LogP contribution is 2.42. The van der Waals surface area contributed by atoms with Crippen molar-refractivity contribution in [1.82, 2.24) is 0 Å². The molecule has 0 spiro atoms. The molecule has 3 aromatic carbocycles. The van der Waals surface area contributed by atoms with Crippen molar-refractivity contribution in [3.05, 3.63) is 48.5 Å². The average Bonchev–Trinajstić information content (AvgIpc) is 2.65. The summed E-state index contributed by atoms with van der Waals surface area (Å²) in [6, 6.07) is 15.8. The molecule has 0 heterocycles. The highest BCUT2D eigenvalue weighted by Gasteiger charge is 2.17. The third-order valence-corrected chi connectivity index (χ3v) is 4.47. The van der Waals surface area contributed by atoms with E-state index in [9.17, 15) is 10.2 Å².